The molecule has 2 aromatic rings. The normalized spacial score (nSPS) is 17.0. The number of hydrogen-bond acceptors (Lipinski definition) is 6. The molecule has 2 aromatic carbocycles. The number of aliphatic imine (C=N–C) groups is 1. The van der Waals surface area contributed by atoms with E-state index in [4.69, 9.17) is 4.74 Å². The lowest BCUT2D eigenvalue weighted by Crippen LogP contribution is -2.33. The molecule has 0 radical (unpaired) electrons. The molecule has 1 saturated heterocycles. The van der Waals surface area contributed by atoms with Gasteiger partial charge < -0.3 is 10.1 Å². The number of esters is 1. The van der Waals surface area contributed by atoms with E-state index in [2.05, 4.69) is 42.2 Å². The van der Waals surface area contributed by atoms with Gasteiger partial charge in [0.25, 0.3) is 0 Å². The van der Waals surface area contributed by atoms with E-state index in [0.717, 1.165) is 8.95 Å². The van der Waals surface area contributed by atoms with E-state index in [1.54, 1.807) is 36.1 Å². The highest BCUT2D eigenvalue weighted by Gasteiger charge is 2.38. The molecule has 1 atom stereocenters. The van der Waals surface area contributed by atoms with Crippen LogP contribution >= 0.6 is 43.6 Å². The molecule has 0 aromatic heterocycles. The van der Waals surface area contributed by atoms with Crippen molar-refractivity contribution in [1.82, 2.24) is 4.90 Å². The fraction of sp³-hybridized carbons (Fsp3) is 0.273. The monoisotopic (exact) mass is 581 g/mol. The van der Waals surface area contributed by atoms with E-state index in [1.165, 1.54) is 11.8 Å². The second kappa shape index (κ2) is 11.1. The Morgan fingerprint density at radius 2 is 1.88 bits per heavy atom. The van der Waals surface area contributed by atoms with Gasteiger partial charge >= 0.3 is 5.97 Å². The molecule has 7 nitrogen and oxygen atoms in total. The van der Waals surface area contributed by atoms with Crippen LogP contribution in [0.3, 0.4) is 0 Å². The number of nitrogens with one attached hydrogen (secondary N) is 1. The van der Waals surface area contributed by atoms with Gasteiger partial charge in [-0.15, -0.1) is 0 Å². The summed E-state index contributed by atoms with van der Waals surface area (Å²) in [6, 6.07) is 12.0. The van der Waals surface area contributed by atoms with Gasteiger partial charge in [0.1, 0.15) is 5.25 Å². The quantitative estimate of drug-likeness (QED) is 0.444. The molecule has 32 heavy (non-hydrogen) atoms. The summed E-state index contributed by atoms with van der Waals surface area (Å²) in [6.07, 6.45) is 0.0140. The third-order valence-electron chi connectivity index (χ3n) is 4.51. The van der Waals surface area contributed by atoms with Crippen LogP contribution in [0.15, 0.2) is 56.4 Å². The largest absolute Gasteiger partial charge is 0.462 e. The van der Waals surface area contributed by atoms with Crippen LogP contribution in [0.2, 0.25) is 0 Å². The summed E-state index contributed by atoms with van der Waals surface area (Å²) in [5.41, 5.74) is 1.65. The molecule has 10 heteroatoms. The highest BCUT2D eigenvalue weighted by molar-refractivity contribution is 9.11. The van der Waals surface area contributed by atoms with Gasteiger partial charge in [0, 0.05) is 27.6 Å². The number of amides is 2. The summed E-state index contributed by atoms with van der Waals surface area (Å²) >= 11 is 8.18. The molecule has 0 bridgehead atoms. The predicted molar refractivity (Wildman–Crippen MR) is 133 cm³/mol. The predicted octanol–water partition coefficient (Wildman–Crippen LogP) is 5.37. The molecule has 1 aliphatic rings. The van der Waals surface area contributed by atoms with Crippen molar-refractivity contribution in [3.8, 4) is 0 Å². The minimum Gasteiger partial charge on any atom is -0.462 e. The van der Waals surface area contributed by atoms with Crippen LogP contribution in [-0.2, 0) is 14.3 Å². The highest BCUT2D eigenvalue weighted by Crippen LogP contribution is 2.35. The van der Waals surface area contributed by atoms with E-state index in [0.29, 0.717) is 35.3 Å². The van der Waals surface area contributed by atoms with Crippen LogP contribution in [0.1, 0.15) is 30.6 Å². The molecule has 1 unspecified atom stereocenters. The van der Waals surface area contributed by atoms with Crippen molar-refractivity contribution in [3.63, 3.8) is 0 Å². The number of rotatable bonds is 7. The van der Waals surface area contributed by atoms with E-state index >= 15 is 0 Å². The molecule has 1 N–H and O–H groups in total. The maximum Gasteiger partial charge on any atom is 0.338 e. The number of carbonyl (C=O) groups is 3. The van der Waals surface area contributed by atoms with Crippen LogP contribution in [0, 0.1) is 0 Å². The molecule has 1 heterocycles. The number of anilines is 1. The van der Waals surface area contributed by atoms with Crippen LogP contribution in [0.4, 0.5) is 11.4 Å². The first-order valence-corrected chi connectivity index (χ1v) is 12.4. The number of hydrogen-bond donors (Lipinski definition) is 1. The maximum atomic E-state index is 12.8. The van der Waals surface area contributed by atoms with Crippen molar-refractivity contribution in [2.45, 2.75) is 25.5 Å². The van der Waals surface area contributed by atoms with Gasteiger partial charge in [-0.05, 0) is 72.2 Å². The van der Waals surface area contributed by atoms with E-state index in [9.17, 15) is 14.4 Å². The van der Waals surface area contributed by atoms with Crippen molar-refractivity contribution in [1.29, 1.82) is 0 Å². The minimum atomic E-state index is -0.554. The molecule has 3 rings (SSSR count). The van der Waals surface area contributed by atoms with Crippen LogP contribution < -0.4 is 5.32 Å². The van der Waals surface area contributed by atoms with Gasteiger partial charge in [0.2, 0.25) is 11.8 Å². The molecule has 168 valence electrons. The first kappa shape index (κ1) is 24.5. The molecule has 0 spiro atoms. The summed E-state index contributed by atoms with van der Waals surface area (Å²) < 4.78 is 6.67. The summed E-state index contributed by atoms with van der Waals surface area (Å²) in [5, 5.41) is 2.79. The fourth-order valence-electron chi connectivity index (χ4n) is 2.98. The zero-order valence-corrected chi connectivity index (χ0v) is 21.4. The molecule has 0 saturated carbocycles. The Kier molecular flexibility index (Phi) is 8.50. The first-order valence-electron chi connectivity index (χ1n) is 9.91. The number of halogens is 2. The number of carbonyl (C=O) groups excluding carboxylic acids is 3. The maximum absolute atomic E-state index is 12.8. The second-order valence-electron chi connectivity index (χ2n) is 6.73. The number of ether oxygens (including phenoxy) is 1. The number of nitrogens with zero attached hydrogens (tertiary/aromatic N) is 2. The molecule has 1 fully saturated rings. The average molecular weight is 583 g/mol. The molecular formula is C22H21Br2N3O4S. The standard InChI is InChI=1S/C22H21Br2N3O4S/c1-3-27-20(29)18(32-22(27)26-17-10-7-14(23)11-16(17)24)12-19(28)25-15-8-5-13(6-9-15)21(30)31-4-2/h5-11,18H,3-4,12H2,1-2H3,(H,25,28). The SMILES string of the molecule is CCOC(=O)c1ccc(NC(=O)CC2SC(=Nc3ccc(Br)cc3Br)N(CC)C2=O)cc1. The Morgan fingerprint density at radius 1 is 1.16 bits per heavy atom. The minimum absolute atomic E-state index is 0.0140. The average Bonchev–Trinajstić information content (AvgIpc) is 3.04. The third kappa shape index (κ3) is 5.99. The fourth-order valence-corrected chi connectivity index (χ4v) is 5.33. The highest BCUT2D eigenvalue weighted by atomic mass is 79.9. The Labute approximate surface area is 207 Å². The van der Waals surface area contributed by atoms with Crippen LogP contribution in [0.25, 0.3) is 0 Å². The number of benzene rings is 2. The van der Waals surface area contributed by atoms with Crippen molar-refractivity contribution in [2.75, 3.05) is 18.5 Å². The smallest absolute Gasteiger partial charge is 0.338 e. The lowest BCUT2D eigenvalue weighted by atomic mass is 10.2. The first-order chi connectivity index (χ1) is 15.3. The zero-order chi connectivity index (χ0) is 23.3. The van der Waals surface area contributed by atoms with Crippen molar-refractivity contribution >= 4 is 77.9 Å². The Hall–Kier alpha value is -2.17. The Morgan fingerprint density at radius 3 is 2.50 bits per heavy atom. The Balaban J connectivity index is 1.66. The molecule has 1 aliphatic heterocycles. The molecule has 0 aliphatic carbocycles. The van der Waals surface area contributed by atoms with Gasteiger partial charge in [-0.1, -0.05) is 27.7 Å². The number of thioether (sulfide) groups is 1. The Bertz CT molecular complexity index is 1060. The van der Waals surface area contributed by atoms with Crippen molar-refractivity contribution in [3.05, 3.63) is 57.0 Å². The molecule has 2 amide bonds. The van der Waals surface area contributed by atoms with E-state index < -0.39 is 11.2 Å². The number of amidine groups is 1. The lowest BCUT2D eigenvalue weighted by molar-refractivity contribution is -0.128. The van der Waals surface area contributed by atoms with E-state index in [1.807, 2.05) is 25.1 Å². The van der Waals surface area contributed by atoms with Gasteiger partial charge in [-0.25, -0.2) is 9.79 Å². The molecular weight excluding hydrogens is 562 g/mol. The van der Waals surface area contributed by atoms with Crippen LogP contribution in [-0.4, -0.2) is 46.3 Å². The van der Waals surface area contributed by atoms with Gasteiger partial charge in [0.15, 0.2) is 5.17 Å². The van der Waals surface area contributed by atoms with Crippen molar-refractivity contribution in [2.24, 2.45) is 4.99 Å². The summed E-state index contributed by atoms with van der Waals surface area (Å²) in [5.74, 6) is -0.846. The van der Waals surface area contributed by atoms with Crippen LogP contribution in [0.5, 0.6) is 0 Å². The van der Waals surface area contributed by atoms with Gasteiger partial charge in [0.05, 0.1) is 17.9 Å². The summed E-state index contributed by atoms with van der Waals surface area (Å²) in [6.45, 7) is 4.37. The van der Waals surface area contributed by atoms with Crippen molar-refractivity contribution < 1.29 is 19.1 Å². The second-order valence-corrected chi connectivity index (χ2v) is 9.67. The van der Waals surface area contributed by atoms with Gasteiger partial charge in [-0.2, -0.15) is 0 Å². The third-order valence-corrected chi connectivity index (χ3v) is 6.82. The summed E-state index contributed by atoms with van der Waals surface area (Å²) in [4.78, 5) is 43.3. The summed E-state index contributed by atoms with van der Waals surface area (Å²) in [7, 11) is 0. The lowest BCUT2D eigenvalue weighted by Gasteiger charge is -2.13. The topological polar surface area (TPSA) is 88.1 Å². The zero-order valence-electron chi connectivity index (χ0n) is 17.4. The van der Waals surface area contributed by atoms with E-state index in [-0.39, 0.29) is 18.2 Å². The van der Waals surface area contributed by atoms with Gasteiger partial charge in [-0.3, -0.25) is 14.5 Å².